The lowest BCUT2D eigenvalue weighted by Gasteiger charge is -2.23. The molecule has 128 valence electrons. The average molecular weight is 319 g/mol. The van der Waals surface area contributed by atoms with Crippen LogP contribution < -0.4 is 16.0 Å². The van der Waals surface area contributed by atoms with Crippen LogP contribution >= 0.6 is 0 Å². The summed E-state index contributed by atoms with van der Waals surface area (Å²) in [6.07, 6.45) is 1.02. The first kappa shape index (κ1) is 19.2. The Balaban J connectivity index is 2.52. The first-order valence-corrected chi connectivity index (χ1v) is 8.33. The zero-order valence-electron chi connectivity index (χ0n) is 14.6. The molecule has 0 unspecified atom stereocenters. The third kappa shape index (κ3) is 6.82. The molecule has 5 nitrogen and oxygen atoms in total. The molecule has 2 amide bonds. The van der Waals surface area contributed by atoms with Crippen LogP contribution in [0.4, 0.5) is 0 Å². The van der Waals surface area contributed by atoms with Crippen molar-refractivity contribution in [3.05, 3.63) is 35.4 Å². The summed E-state index contributed by atoms with van der Waals surface area (Å²) in [7, 11) is 0. The highest BCUT2D eigenvalue weighted by molar-refractivity contribution is 5.85. The highest BCUT2D eigenvalue weighted by Gasteiger charge is 2.16. The number of amides is 2. The van der Waals surface area contributed by atoms with Crippen LogP contribution in [-0.2, 0) is 16.0 Å². The van der Waals surface area contributed by atoms with Crippen molar-refractivity contribution in [3.8, 4) is 0 Å². The van der Waals surface area contributed by atoms with E-state index in [1.54, 1.807) is 0 Å². The Bertz CT molecular complexity index is 497. The van der Waals surface area contributed by atoms with Crippen LogP contribution in [0.2, 0.25) is 0 Å². The molecule has 0 aromatic heterocycles. The number of hydrogen-bond acceptors (Lipinski definition) is 3. The molecule has 0 aliphatic carbocycles. The Morgan fingerprint density at radius 3 is 2.09 bits per heavy atom. The second kappa shape index (κ2) is 10.0. The quantitative estimate of drug-likeness (QED) is 0.650. The van der Waals surface area contributed by atoms with Crippen molar-refractivity contribution >= 4 is 11.8 Å². The molecule has 5 heteroatoms. The number of rotatable bonds is 9. The largest absolute Gasteiger partial charge is 0.355 e. The summed E-state index contributed by atoms with van der Waals surface area (Å²) in [5.74, 6) is 0.0159. The number of aryl methyl sites for hydroxylation is 1. The smallest absolute Gasteiger partial charge is 0.239 e. The van der Waals surface area contributed by atoms with Gasteiger partial charge in [-0.2, -0.15) is 0 Å². The maximum absolute atomic E-state index is 11.9. The van der Waals surface area contributed by atoms with Gasteiger partial charge in [0, 0.05) is 12.6 Å². The van der Waals surface area contributed by atoms with E-state index >= 15 is 0 Å². The Hall–Kier alpha value is -1.88. The molecule has 1 rings (SSSR count). The van der Waals surface area contributed by atoms with Gasteiger partial charge in [0.1, 0.15) is 0 Å². The highest BCUT2D eigenvalue weighted by atomic mass is 16.2. The standard InChI is InChI=1S/C18H29N3O2/c1-5-14-7-9-15(10-8-14)18(13(3)4)21-12-17(23)20-11-16(22)19-6-2/h7-10,13,18,21H,5-6,11-12H2,1-4H3,(H,19,22)(H,20,23)/t18-/m0/s1. The molecule has 1 aromatic rings. The molecule has 0 bridgehead atoms. The van der Waals surface area contributed by atoms with Gasteiger partial charge >= 0.3 is 0 Å². The molecule has 0 heterocycles. The molecule has 23 heavy (non-hydrogen) atoms. The van der Waals surface area contributed by atoms with Crippen molar-refractivity contribution in [1.29, 1.82) is 0 Å². The molecule has 3 N–H and O–H groups in total. The lowest BCUT2D eigenvalue weighted by molar-refractivity contribution is -0.125. The van der Waals surface area contributed by atoms with Crippen LogP contribution in [0.5, 0.6) is 0 Å². The summed E-state index contributed by atoms with van der Waals surface area (Å²) in [5, 5.41) is 8.55. The van der Waals surface area contributed by atoms with Crippen LogP contribution in [0.15, 0.2) is 24.3 Å². The summed E-state index contributed by atoms with van der Waals surface area (Å²) >= 11 is 0. The maximum atomic E-state index is 11.9. The van der Waals surface area contributed by atoms with E-state index in [0.717, 1.165) is 6.42 Å². The zero-order chi connectivity index (χ0) is 17.2. The predicted octanol–water partition coefficient (Wildman–Crippen LogP) is 1.79. The molecule has 1 atom stereocenters. The monoisotopic (exact) mass is 319 g/mol. The van der Waals surface area contributed by atoms with Crippen molar-refractivity contribution in [2.75, 3.05) is 19.6 Å². The third-order valence-electron chi connectivity index (χ3n) is 3.72. The van der Waals surface area contributed by atoms with Crippen molar-refractivity contribution in [2.24, 2.45) is 5.92 Å². The summed E-state index contributed by atoms with van der Waals surface area (Å²) in [4.78, 5) is 23.2. The molecule has 0 fully saturated rings. The molecule has 0 saturated heterocycles. The minimum Gasteiger partial charge on any atom is -0.355 e. The van der Waals surface area contributed by atoms with Gasteiger partial charge in [0.2, 0.25) is 11.8 Å². The van der Waals surface area contributed by atoms with Crippen LogP contribution in [-0.4, -0.2) is 31.4 Å². The van der Waals surface area contributed by atoms with Crippen LogP contribution in [0.25, 0.3) is 0 Å². The molecule has 0 saturated carbocycles. The minimum absolute atomic E-state index is 0.0197. The van der Waals surface area contributed by atoms with Crippen molar-refractivity contribution in [2.45, 2.75) is 40.2 Å². The van der Waals surface area contributed by atoms with E-state index in [1.165, 1.54) is 11.1 Å². The van der Waals surface area contributed by atoms with E-state index < -0.39 is 0 Å². The van der Waals surface area contributed by atoms with E-state index in [1.807, 2.05) is 6.92 Å². The summed E-state index contributed by atoms with van der Waals surface area (Å²) in [5.41, 5.74) is 2.48. The summed E-state index contributed by atoms with van der Waals surface area (Å²) < 4.78 is 0. The van der Waals surface area contributed by atoms with E-state index in [2.05, 4.69) is 61.0 Å². The Morgan fingerprint density at radius 2 is 1.57 bits per heavy atom. The molecule has 1 aromatic carbocycles. The second-order valence-electron chi connectivity index (χ2n) is 5.93. The van der Waals surface area contributed by atoms with Crippen molar-refractivity contribution in [1.82, 2.24) is 16.0 Å². The number of carbonyl (C=O) groups excluding carboxylic acids is 2. The van der Waals surface area contributed by atoms with Gasteiger partial charge in [-0.05, 0) is 30.4 Å². The normalized spacial score (nSPS) is 12.0. The third-order valence-corrected chi connectivity index (χ3v) is 3.72. The Morgan fingerprint density at radius 1 is 0.957 bits per heavy atom. The average Bonchev–Trinajstić information content (AvgIpc) is 2.53. The van der Waals surface area contributed by atoms with Gasteiger partial charge in [-0.1, -0.05) is 45.0 Å². The van der Waals surface area contributed by atoms with Gasteiger partial charge < -0.3 is 16.0 Å². The van der Waals surface area contributed by atoms with E-state index in [-0.39, 0.29) is 30.9 Å². The highest BCUT2D eigenvalue weighted by Crippen LogP contribution is 2.21. The zero-order valence-corrected chi connectivity index (χ0v) is 14.6. The van der Waals surface area contributed by atoms with Crippen molar-refractivity contribution in [3.63, 3.8) is 0 Å². The van der Waals surface area contributed by atoms with Gasteiger partial charge in [-0.15, -0.1) is 0 Å². The Labute approximate surface area is 139 Å². The second-order valence-corrected chi connectivity index (χ2v) is 5.93. The lowest BCUT2D eigenvalue weighted by Crippen LogP contribution is -2.42. The van der Waals surface area contributed by atoms with Gasteiger partial charge in [0.05, 0.1) is 13.1 Å². The summed E-state index contributed by atoms with van der Waals surface area (Å²) in [6.45, 7) is 9.00. The minimum atomic E-state index is -0.174. The fourth-order valence-electron chi connectivity index (χ4n) is 2.40. The van der Waals surface area contributed by atoms with E-state index in [0.29, 0.717) is 12.5 Å². The number of benzene rings is 1. The number of hydrogen-bond donors (Lipinski definition) is 3. The molecule has 0 spiro atoms. The van der Waals surface area contributed by atoms with Crippen molar-refractivity contribution < 1.29 is 9.59 Å². The molecule has 0 radical (unpaired) electrons. The lowest BCUT2D eigenvalue weighted by atomic mass is 9.95. The molecular formula is C18H29N3O2. The molecule has 0 aliphatic heterocycles. The van der Waals surface area contributed by atoms with Gasteiger partial charge in [0.25, 0.3) is 0 Å². The number of nitrogens with one attached hydrogen (secondary N) is 3. The number of likely N-dealkylation sites (N-methyl/N-ethyl adjacent to an activating group) is 1. The van der Waals surface area contributed by atoms with E-state index in [4.69, 9.17) is 0 Å². The van der Waals surface area contributed by atoms with Gasteiger partial charge in [-0.25, -0.2) is 0 Å². The summed E-state index contributed by atoms with van der Waals surface area (Å²) in [6, 6.07) is 8.59. The SMILES string of the molecule is CCNC(=O)CNC(=O)CN[C@H](c1ccc(CC)cc1)C(C)C. The first-order chi connectivity index (χ1) is 11.0. The topological polar surface area (TPSA) is 70.2 Å². The fraction of sp³-hybridized carbons (Fsp3) is 0.556. The Kier molecular flexibility index (Phi) is 8.33. The first-order valence-electron chi connectivity index (χ1n) is 8.33. The fourth-order valence-corrected chi connectivity index (χ4v) is 2.40. The number of carbonyl (C=O) groups is 2. The van der Waals surface area contributed by atoms with E-state index in [9.17, 15) is 9.59 Å². The van der Waals surface area contributed by atoms with Gasteiger partial charge in [0.15, 0.2) is 0 Å². The molecule has 0 aliphatic rings. The predicted molar refractivity (Wildman–Crippen MR) is 93.1 cm³/mol. The van der Waals surface area contributed by atoms with Gasteiger partial charge in [-0.3, -0.25) is 9.59 Å². The van der Waals surface area contributed by atoms with Crippen LogP contribution in [0.3, 0.4) is 0 Å². The maximum Gasteiger partial charge on any atom is 0.239 e. The van der Waals surface area contributed by atoms with Crippen LogP contribution in [0.1, 0.15) is 44.9 Å². The van der Waals surface area contributed by atoms with Crippen LogP contribution in [0, 0.1) is 5.92 Å². The molecular weight excluding hydrogens is 290 g/mol.